The first kappa shape index (κ1) is 22.1. The summed E-state index contributed by atoms with van der Waals surface area (Å²) in [5, 5.41) is 11.7. The summed E-state index contributed by atoms with van der Waals surface area (Å²) in [6.45, 7) is 10.1. The fourth-order valence-corrected chi connectivity index (χ4v) is 2.36. The maximum absolute atomic E-state index is 12.4. The standard InChI is InChI=1S/C19H31N3O4/c1-13(2)10-16(18(24)26-19(3,4)5)21-12-15-8-6-14(11-20-15)7-9-17(23)22-25/h6,8,11,13,16,21,25H,7,9-10,12H2,1-5H3,(H,22,23). The van der Waals surface area contributed by atoms with Crippen molar-refractivity contribution in [2.75, 3.05) is 0 Å². The molecular weight excluding hydrogens is 334 g/mol. The summed E-state index contributed by atoms with van der Waals surface area (Å²) in [7, 11) is 0. The molecule has 26 heavy (non-hydrogen) atoms. The number of pyridine rings is 1. The third-order valence-electron chi connectivity index (χ3n) is 3.58. The van der Waals surface area contributed by atoms with Gasteiger partial charge in [-0.1, -0.05) is 19.9 Å². The second kappa shape index (κ2) is 10.2. The van der Waals surface area contributed by atoms with Gasteiger partial charge in [0.05, 0.1) is 5.69 Å². The Bertz CT molecular complexity index is 579. The molecule has 0 aliphatic carbocycles. The lowest BCUT2D eigenvalue weighted by Gasteiger charge is -2.25. The number of hydrogen-bond acceptors (Lipinski definition) is 6. The van der Waals surface area contributed by atoms with Crippen molar-refractivity contribution in [2.24, 2.45) is 5.92 Å². The number of nitrogens with one attached hydrogen (secondary N) is 2. The quantitative estimate of drug-likeness (QED) is 0.353. The van der Waals surface area contributed by atoms with Gasteiger partial charge in [0.2, 0.25) is 5.91 Å². The molecule has 0 spiro atoms. The minimum absolute atomic E-state index is 0.199. The Morgan fingerprint density at radius 3 is 2.46 bits per heavy atom. The summed E-state index contributed by atoms with van der Waals surface area (Å²) in [5.41, 5.74) is 2.80. The molecule has 0 aromatic carbocycles. The van der Waals surface area contributed by atoms with Gasteiger partial charge in [0.25, 0.3) is 0 Å². The van der Waals surface area contributed by atoms with E-state index in [0.29, 0.717) is 25.3 Å². The number of rotatable bonds is 9. The first-order valence-corrected chi connectivity index (χ1v) is 8.93. The molecule has 0 bridgehead atoms. The Balaban J connectivity index is 2.61. The Hall–Kier alpha value is -1.99. The topological polar surface area (TPSA) is 101 Å². The van der Waals surface area contributed by atoms with Gasteiger partial charge in [-0.05, 0) is 51.2 Å². The third-order valence-corrected chi connectivity index (χ3v) is 3.58. The van der Waals surface area contributed by atoms with Crippen LogP contribution in [0.5, 0.6) is 0 Å². The summed E-state index contributed by atoms with van der Waals surface area (Å²) >= 11 is 0. The predicted molar refractivity (Wildman–Crippen MR) is 98.4 cm³/mol. The van der Waals surface area contributed by atoms with Gasteiger partial charge in [-0.15, -0.1) is 0 Å². The normalized spacial score (nSPS) is 12.7. The average Bonchev–Trinajstić information content (AvgIpc) is 2.55. The van der Waals surface area contributed by atoms with Gasteiger partial charge < -0.3 is 4.74 Å². The van der Waals surface area contributed by atoms with Gasteiger partial charge in [-0.3, -0.25) is 25.1 Å². The van der Waals surface area contributed by atoms with Gasteiger partial charge in [0.15, 0.2) is 0 Å². The van der Waals surface area contributed by atoms with Crippen LogP contribution in [0.2, 0.25) is 0 Å². The van der Waals surface area contributed by atoms with Gasteiger partial charge in [-0.25, -0.2) is 5.48 Å². The van der Waals surface area contributed by atoms with Gasteiger partial charge in [0, 0.05) is 19.2 Å². The van der Waals surface area contributed by atoms with Crippen molar-refractivity contribution < 1.29 is 19.5 Å². The van der Waals surface area contributed by atoms with E-state index < -0.39 is 11.5 Å². The number of ether oxygens (including phenoxy) is 1. The van der Waals surface area contributed by atoms with E-state index in [9.17, 15) is 9.59 Å². The lowest BCUT2D eigenvalue weighted by atomic mass is 10.0. The second-order valence-electron chi connectivity index (χ2n) is 7.79. The molecule has 0 aliphatic rings. The van der Waals surface area contributed by atoms with E-state index in [-0.39, 0.29) is 18.4 Å². The third kappa shape index (κ3) is 8.92. The lowest BCUT2D eigenvalue weighted by Crippen LogP contribution is -2.42. The molecule has 0 saturated carbocycles. The van der Waals surface area contributed by atoms with E-state index in [0.717, 1.165) is 11.3 Å². The molecule has 0 fully saturated rings. The highest BCUT2D eigenvalue weighted by Crippen LogP contribution is 2.13. The van der Waals surface area contributed by atoms with Crippen LogP contribution in [0.3, 0.4) is 0 Å². The molecule has 1 aromatic rings. The van der Waals surface area contributed by atoms with Gasteiger partial charge >= 0.3 is 5.97 Å². The van der Waals surface area contributed by atoms with Crippen LogP contribution >= 0.6 is 0 Å². The van der Waals surface area contributed by atoms with Crippen molar-refractivity contribution in [2.45, 2.75) is 72.1 Å². The first-order chi connectivity index (χ1) is 12.1. The second-order valence-corrected chi connectivity index (χ2v) is 7.79. The zero-order valence-electron chi connectivity index (χ0n) is 16.3. The number of aromatic nitrogens is 1. The zero-order valence-corrected chi connectivity index (χ0v) is 16.3. The van der Waals surface area contributed by atoms with E-state index in [1.54, 1.807) is 11.7 Å². The molecule has 1 atom stereocenters. The van der Waals surface area contributed by atoms with Crippen molar-refractivity contribution >= 4 is 11.9 Å². The molecule has 1 heterocycles. The smallest absolute Gasteiger partial charge is 0.323 e. The van der Waals surface area contributed by atoms with Gasteiger partial charge in [-0.2, -0.15) is 0 Å². The van der Waals surface area contributed by atoms with Crippen LogP contribution in [0.1, 0.15) is 58.7 Å². The summed E-state index contributed by atoms with van der Waals surface area (Å²) in [5.74, 6) is -0.324. The highest BCUT2D eigenvalue weighted by molar-refractivity contribution is 5.76. The summed E-state index contributed by atoms with van der Waals surface area (Å²) in [6, 6.07) is 3.37. The molecule has 1 amide bonds. The number of nitrogens with zero attached hydrogens (tertiary/aromatic N) is 1. The van der Waals surface area contributed by atoms with Crippen molar-refractivity contribution in [3.8, 4) is 0 Å². The lowest BCUT2D eigenvalue weighted by molar-refractivity contribution is -0.158. The van der Waals surface area contributed by atoms with Crippen molar-refractivity contribution in [1.29, 1.82) is 0 Å². The van der Waals surface area contributed by atoms with E-state index in [2.05, 4.69) is 24.1 Å². The molecule has 1 unspecified atom stereocenters. The minimum atomic E-state index is -0.519. The van der Waals surface area contributed by atoms with Crippen LogP contribution in [0, 0.1) is 5.92 Å². The fourth-order valence-electron chi connectivity index (χ4n) is 2.36. The van der Waals surface area contributed by atoms with Gasteiger partial charge in [0.1, 0.15) is 11.6 Å². The van der Waals surface area contributed by atoms with Crippen LogP contribution in [-0.4, -0.2) is 33.7 Å². The van der Waals surface area contributed by atoms with E-state index in [4.69, 9.17) is 9.94 Å². The zero-order chi connectivity index (χ0) is 19.7. The highest BCUT2D eigenvalue weighted by atomic mass is 16.6. The number of carbonyl (C=O) groups is 2. The number of hydroxylamine groups is 1. The van der Waals surface area contributed by atoms with Crippen molar-refractivity contribution in [3.63, 3.8) is 0 Å². The van der Waals surface area contributed by atoms with Crippen LogP contribution in [0.4, 0.5) is 0 Å². The number of aryl methyl sites for hydroxylation is 1. The van der Waals surface area contributed by atoms with Crippen LogP contribution in [0.15, 0.2) is 18.3 Å². The number of esters is 1. The van der Waals surface area contributed by atoms with Crippen LogP contribution < -0.4 is 10.8 Å². The Labute approximate surface area is 155 Å². The molecular formula is C19H31N3O4. The summed E-state index contributed by atoms with van der Waals surface area (Å²) in [4.78, 5) is 27.8. The maximum Gasteiger partial charge on any atom is 0.323 e. The molecule has 1 rings (SSSR count). The van der Waals surface area contributed by atoms with Crippen molar-refractivity contribution in [1.82, 2.24) is 15.8 Å². The minimum Gasteiger partial charge on any atom is -0.459 e. The summed E-state index contributed by atoms with van der Waals surface area (Å²) in [6.07, 6.45) is 3.09. The molecule has 0 radical (unpaired) electrons. The van der Waals surface area contributed by atoms with Crippen molar-refractivity contribution in [3.05, 3.63) is 29.6 Å². The predicted octanol–water partition coefficient (Wildman–Crippen LogP) is 2.37. The summed E-state index contributed by atoms with van der Waals surface area (Å²) < 4.78 is 5.49. The molecule has 0 saturated heterocycles. The average molecular weight is 365 g/mol. The highest BCUT2D eigenvalue weighted by Gasteiger charge is 2.25. The Kier molecular flexibility index (Phi) is 8.68. The molecule has 7 heteroatoms. The monoisotopic (exact) mass is 365 g/mol. The van der Waals surface area contributed by atoms with E-state index >= 15 is 0 Å². The molecule has 7 nitrogen and oxygen atoms in total. The SMILES string of the molecule is CC(C)CC(NCc1ccc(CCC(=O)NO)cn1)C(=O)OC(C)(C)C. The Morgan fingerprint density at radius 2 is 1.96 bits per heavy atom. The molecule has 3 N–H and O–H groups in total. The molecule has 0 aliphatic heterocycles. The Morgan fingerprint density at radius 1 is 1.27 bits per heavy atom. The van der Waals surface area contributed by atoms with E-state index in [1.807, 2.05) is 32.9 Å². The molecule has 146 valence electrons. The van der Waals surface area contributed by atoms with Crippen LogP contribution in [-0.2, 0) is 27.3 Å². The maximum atomic E-state index is 12.4. The largest absolute Gasteiger partial charge is 0.459 e. The number of carbonyl (C=O) groups excluding carboxylic acids is 2. The number of amides is 1. The van der Waals surface area contributed by atoms with Crippen LogP contribution in [0.25, 0.3) is 0 Å². The first-order valence-electron chi connectivity index (χ1n) is 8.93. The number of hydrogen-bond donors (Lipinski definition) is 3. The molecule has 1 aromatic heterocycles. The van der Waals surface area contributed by atoms with E-state index in [1.165, 1.54) is 0 Å². The fraction of sp³-hybridized carbons (Fsp3) is 0.632.